The molecule has 0 amide bonds. The molecule has 5 heteroatoms. The van der Waals surface area contributed by atoms with Crippen molar-refractivity contribution in [2.75, 3.05) is 32.8 Å². The Bertz CT molecular complexity index is 249. The van der Waals surface area contributed by atoms with Crippen LogP contribution in [0.5, 0.6) is 0 Å². The lowest BCUT2D eigenvalue weighted by Crippen LogP contribution is -2.47. The molecule has 106 valence electrons. The third kappa shape index (κ3) is 4.11. The smallest absolute Gasteiger partial charge is 0.309 e. The average molecular weight is 277 g/mol. The van der Waals surface area contributed by atoms with Gasteiger partial charge in [0.15, 0.2) is 0 Å². The quantitative estimate of drug-likeness (QED) is 0.792. The summed E-state index contributed by atoms with van der Waals surface area (Å²) in [4.78, 5) is 14.2. The van der Waals surface area contributed by atoms with Crippen molar-refractivity contribution in [1.29, 1.82) is 0 Å². The van der Waals surface area contributed by atoms with Crippen molar-refractivity contribution in [2.24, 2.45) is 5.92 Å². The molecule has 0 atom stereocenters. The lowest BCUT2D eigenvalue weighted by molar-refractivity contribution is -0.149. The maximum atomic E-state index is 11.6. The molecule has 0 spiro atoms. The fourth-order valence-corrected chi connectivity index (χ4v) is 2.93. The molecule has 2 aliphatic rings. The van der Waals surface area contributed by atoms with E-state index in [9.17, 15) is 4.79 Å². The molecule has 18 heavy (non-hydrogen) atoms. The van der Waals surface area contributed by atoms with Gasteiger partial charge in [0.05, 0.1) is 12.5 Å². The van der Waals surface area contributed by atoms with E-state index in [1.165, 1.54) is 12.8 Å². The molecule has 0 bridgehead atoms. The van der Waals surface area contributed by atoms with Crippen molar-refractivity contribution >= 4 is 18.4 Å². The molecular weight excluding hydrogens is 252 g/mol. The highest BCUT2D eigenvalue weighted by Crippen LogP contribution is 2.23. The Labute approximate surface area is 116 Å². The van der Waals surface area contributed by atoms with Gasteiger partial charge < -0.3 is 15.0 Å². The summed E-state index contributed by atoms with van der Waals surface area (Å²) >= 11 is 0. The van der Waals surface area contributed by atoms with Gasteiger partial charge in [0.25, 0.3) is 0 Å². The zero-order valence-electron chi connectivity index (χ0n) is 11.2. The van der Waals surface area contributed by atoms with E-state index in [0.29, 0.717) is 6.61 Å². The topological polar surface area (TPSA) is 41.6 Å². The number of nitrogens with zero attached hydrogens (tertiary/aromatic N) is 1. The lowest BCUT2D eigenvalue weighted by Gasteiger charge is -2.38. The van der Waals surface area contributed by atoms with Gasteiger partial charge in [0.2, 0.25) is 0 Å². The molecule has 2 saturated heterocycles. The van der Waals surface area contributed by atoms with E-state index >= 15 is 0 Å². The first-order chi connectivity index (χ1) is 8.31. The second-order valence-electron chi connectivity index (χ2n) is 5.04. The number of rotatable bonds is 3. The molecule has 4 nitrogen and oxygen atoms in total. The number of hydrogen-bond donors (Lipinski definition) is 1. The van der Waals surface area contributed by atoms with E-state index in [1.54, 1.807) is 0 Å². The predicted octanol–water partition coefficient (Wildman–Crippen LogP) is 1.44. The van der Waals surface area contributed by atoms with Gasteiger partial charge in [-0.1, -0.05) is 0 Å². The Hall–Kier alpha value is -0.320. The molecule has 2 fully saturated rings. The Morgan fingerprint density at radius 2 is 1.83 bits per heavy atom. The Kier molecular flexibility index (Phi) is 6.97. The number of likely N-dealkylation sites (tertiary alicyclic amines) is 1. The highest BCUT2D eigenvalue weighted by Gasteiger charge is 2.29. The SMILES string of the molecule is CCOC(=O)C1CCN(C2CCNCC2)CC1.Cl. The number of hydrogen-bond acceptors (Lipinski definition) is 4. The molecule has 0 unspecified atom stereocenters. The third-order valence-electron chi connectivity index (χ3n) is 3.97. The van der Waals surface area contributed by atoms with Crippen LogP contribution in [0.15, 0.2) is 0 Å². The van der Waals surface area contributed by atoms with Crippen molar-refractivity contribution in [1.82, 2.24) is 10.2 Å². The zero-order valence-corrected chi connectivity index (χ0v) is 12.0. The van der Waals surface area contributed by atoms with Crippen LogP contribution in [0.4, 0.5) is 0 Å². The number of nitrogens with one attached hydrogen (secondary N) is 1. The second-order valence-corrected chi connectivity index (χ2v) is 5.04. The summed E-state index contributed by atoms with van der Waals surface area (Å²) in [7, 11) is 0. The van der Waals surface area contributed by atoms with Crippen LogP contribution in [-0.4, -0.2) is 49.7 Å². The van der Waals surface area contributed by atoms with Gasteiger partial charge in [0.1, 0.15) is 0 Å². The summed E-state index contributed by atoms with van der Waals surface area (Å²) in [6.45, 7) is 6.79. The first-order valence-electron chi connectivity index (χ1n) is 6.92. The average Bonchev–Trinajstić information content (AvgIpc) is 2.40. The fraction of sp³-hybridized carbons (Fsp3) is 0.923. The van der Waals surface area contributed by atoms with Crippen LogP contribution in [-0.2, 0) is 9.53 Å². The predicted molar refractivity (Wildman–Crippen MR) is 74.1 cm³/mol. The maximum Gasteiger partial charge on any atom is 0.309 e. The normalized spacial score (nSPS) is 23.4. The summed E-state index contributed by atoms with van der Waals surface area (Å²) in [6.07, 6.45) is 4.46. The van der Waals surface area contributed by atoms with Gasteiger partial charge >= 0.3 is 5.97 Å². The van der Waals surface area contributed by atoms with Crippen molar-refractivity contribution in [3.8, 4) is 0 Å². The standard InChI is InChI=1S/C13H24N2O2.ClH/c1-2-17-13(16)11-5-9-15(10-6-11)12-3-7-14-8-4-12;/h11-12,14H,2-10H2,1H3;1H. The minimum atomic E-state index is 0. The number of carbonyl (C=O) groups is 1. The minimum Gasteiger partial charge on any atom is -0.466 e. The summed E-state index contributed by atoms with van der Waals surface area (Å²) in [5.74, 6) is 0.158. The van der Waals surface area contributed by atoms with E-state index in [-0.39, 0.29) is 24.3 Å². The van der Waals surface area contributed by atoms with Crippen LogP contribution in [0.1, 0.15) is 32.6 Å². The molecule has 0 aromatic heterocycles. The highest BCUT2D eigenvalue weighted by molar-refractivity contribution is 5.85. The van der Waals surface area contributed by atoms with Crippen LogP contribution in [0.25, 0.3) is 0 Å². The molecule has 1 N–H and O–H groups in total. The summed E-state index contributed by atoms with van der Waals surface area (Å²) in [5.41, 5.74) is 0. The van der Waals surface area contributed by atoms with Crippen molar-refractivity contribution in [3.05, 3.63) is 0 Å². The van der Waals surface area contributed by atoms with E-state index in [1.807, 2.05) is 6.92 Å². The number of halogens is 1. The molecule has 0 aromatic carbocycles. The van der Waals surface area contributed by atoms with Gasteiger partial charge in [-0.3, -0.25) is 4.79 Å². The molecule has 0 saturated carbocycles. The zero-order chi connectivity index (χ0) is 12.1. The third-order valence-corrected chi connectivity index (χ3v) is 3.97. The largest absolute Gasteiger partial charge is 0.466 e. The number of carbonyl (C=O) groups excluding carboxylic acids is 1. The van der Waals surface area contributed by atoms with Crippen LogP contribution in [0, 0.1) is 5.92 Å². The minimum absolute atomic E-state index is 0. The molecule has 2 heterocycles. The van der Waals surface area contributed by atoms with Gasteiger partial charge in [-0.15, -0.1) is 12.4 Å². The molecule has 0 aliphatic carbocycles. The Morgan fingerprint density at radius 1 is 1.22 bits per heavy atom. The first kappa shape index (κ1) is 15.7. The summed E-state index contributed by atoms with van der Waals surface area (Å²) in [5, 5.41) is 3.40. The fourth-order valence-electron chi connectivity index (χ4n) is 2.93. The highest BCUT2D eigenvalue weighted by atomic mass is 35.5. The van der Waals surface area contributed by atoms with Gasteiger partial charge in [0, 0.05) is 6.04 Å². The molecule has 2 aliphatic heterocycles. The monoisotopic (exact) mass is 276 g/mol. The van der Waals surface area contributed by atoms with Crippen LogP contribution in [0.2, 0.25) is 0 Å². The van der Waals surface area contributed by atoms with E-state index in [4.69, 9.17) is 4.74 Å². The molecule has 0 aromatic rings. The Balaban J connectivity index is 0.00000162. The molecular formula is C13H25ClN2O2. The Morgan fingerprint density at radius 3 is 2.39 bits per heavy atom. The van der Waals surface area contributed by atoms with E-state index < -0.39 is 0 Å². The maximum absolute atomic E-state index is 11.6. The number of ether oxygens (including phenoxy) is 1. The van der Waals surface area contributed by atoms with Gasteiger partial charge in [-0.2, -0.15) is 0 Å². The van der Waals surface area contributed by atoms with Gasteiger partial charge in [-0.05, 0) is 58.8 Å². The van der Waals surface area contributed by atoms with Crippen LogP contribution >= 0.6 is 12.4 Å². The van der Waals surface area contributed by atoms with Crippen LogP contribution in [0.3, 0.4) is 0 Å². The van der Waals surface area contributed by atoms with E-state index in [0.717, 1.165) is 45.1 Å². The first-order valence-corrected chi connectivity index (χ1v) is 6.92. The summed E-state index contributed by atoms with van der Waals surface area (Å²) in [6, 6.07) is 0.736. The molecule has 0 radical (unpaired) electrons. The van der Waals surface area contributed by atoms with Crippen molar-refractivity contribution < 1.29 is 9.53 Å². The van der Waals surface area contributed by atoms with Crippen molar-refractivity contribution in [3.63, 3.8) is 0 Å². The summed E-state index contributed by atoms with van der Waals surface area (Å²) < 4.78 is 5.09. The van der Waals surface area contributed by atoms with Gasteiger partial charge in [-0.25, -0.2) is 0 Å². The number of piperidine rings is 2. The number of esters is 1. The van der Waals surface area contributed by atoms with E-state index in [2.05, 4.69) is 10.2 Å². The second kappa shape index (κ2) is 7.97. The molecule has 2 rings (SSSR count). The lowest BCUT2D eigenvalue weighted by atomic mass is 9.94. The van der Waals surface area contributed by atoms with Crippen LogP contribution < -0.4 is 5.32 Å². The van der Waals surface area contributed by atoms with Crippen molar-refractivity contribution in [2.45, 2.75) is 38.6 Å².